The first-order chi connectivity index (χ1) is 11.7. The molecule has 0 N–H and O–H groups in total. The fourth-order valence-electron chi connectivity index (χ4n) is 2.78. The Morgan fingerprint density at radius 3 is 2.75 bits per heavy atom. The van der Waals surface area contributed by atoms with E-state index in [-0.39, 0.29) is 18.1 Å². The van der Waals surface area contributed by atoms with Crippen molar-refractivity contribution in [2.45, 2.75) is 13.5 Å². The molecule has 0 aromatic heterocycles. The van der Waals surface area contributed by atoms with E-state index in [9.17, 15) is 9.59 Å². The molecule has 1 aliphatic heterocycles. The van der Waals surface area contributed by atoms with Gasteiger partial charge >= 0.3 is 5.97 Å². The topological polar surface area (TPSA) is 55.8 Å². The molecule has 0 fully saturated rings. The van der Waals surface area contributed by atoms with Crippen LogP contribution in [0.4, 0.5) is 5.69 Å². The van der Waals surface area contributed by atoms with Crippen molar-refractivity contribution in [1.29, 1.82) is 0 Å². The fourth-order valence-corrected chi connectivity index (χ4v) is 2.78. The number of hydrogen-bond donors (Lipinski definition) is 0. The lowest BCUT2D eigenvalue weighted by molar-refractivity contribution is -0.236. The second-order valence-electron chi connectivity index (χ2n) is 5.27. The Bertz CT molecular complexity index is 813. The summed E-state index contributed by atoms with van der Waals surface area (Å²) in [6.45, 7) is 6.14. The number of anilines is 1. The second kappa shape index (κ2) is 6.68. The second-order valence-corrected chi connectivity index (χ2v) is 5.27. The van der Waals surface area contributed by atoms with E-state index in [0.29, 0.717) is 23.4 Å². The van der Waals surface area contributed by atoms with Crippen molar-refractivity contribution < 1.29 is 19.4 Å². The van der Waals surface area contributed by atoms with Gasteiger partial charge < -0.3 is 4.90 Å². The maximum Gasteiger partial charge on any atom is 0.375 e. The van der Waals surface area contributed by atoms with Crippen LogP contribution >= 0.6 is 0 Å². The predicted molar refractivity (Wildman–Crippen MR) is 90.5 cm³/mol. The Kier molecular flexibility index (Phi) is 4.44. The van der Waals surface area contributed by atoms with Gasteiger partial charge in [0.25, 0.3) is 5.91 Å². The lowest BCUT2D eigenvalue weighted by Crippen LogP contribution is -2.26. The quantitative estimate of drug-likeness (QED) is 0.623. The number of carbonyl (C=O) groups excluding carboxylic acids is 2. The van der Waals surface area contributed by atoms with Crippen LogP contribution in [-0.2, 0) is 16.3 Å². The number of fused-ring (bicyclic) bond motifs is 1. The highest BCUT2D eigenvalue weighted by atomic mass is 17.2. The molecule has 1 heterocycles. The molecule has 122 valence electrons. The van der Waals surface area contributed by atoms with Crippen LogP contribution < -0.4 is 4.90 Å². The molecule has 0 atom stereocenters. The van der Waals surface area contributed by atoms with Crippen LogP contribution in [0.1, 0.15) is 38.8 Å². The van der Waals surface area contributed by atoms with Crippen LogP contribution in [0, 0.1) is 0 Å². The van der Waals surface area contributed by atoms with Crippen molar-refractivity contribution in [2.24, 2.45) is 0 Å². The maximum atomic E-state index is 12.8. The van der Waals surface area contributed by atoms with Gasteiger partial charge in [-0.05, 0) is 30.2 Å². The molecule has 1 aliphatic rings. The molecule has 0 spiro atoms. The Morgan fingerprint density at radius 2 is 2.04 bits per heavy atom. The molecular weight excluding hydrogens is 306 g/mol. The summed E-state index contributed by atoms with van der Waals surface area (Å²) in [5.41, 5.74) is 2.99. The van der Waals surface area contributed by atoms with Gasteiger partial charge in [0.05, 0.1) is 24.4 Å². The minimum atomic E-state index is -0.640. The maximum absolute atomic E-state index is 12.8. The van der Waals surface area contributed by atoms with Crippen molar-refractivity contribution >= 4 is 23.6 Å². The number of carbonyl (C=O) groups is 2. The van der Waals surface area contributed by atoms with Crippen molar-refractivity contribution in [3.63, 3.8) is 0 Å². The van der Waals surface area contributed by atoms with Crippen molar-refractivity contribution in [2.75, 3.05) is 11.5 Å². The summed E-state index contributed by atoms with van der Waals surface area (Å²) in [5, 5.41) is 0. The van der Waals surface area contributed by atoms with Gasteiger partial charge in [0.1, 0.15) is 0 Å². The third-order valence-corrected chi connectivity index (χ3v) is 3.85. The Hall–Kier alpha value is -2.92. The van der Waals surface area contributed by atoms with Gasteiger partial charge in [0.15, 0.2) is 0 Å². The molecule has 2 aromatic carbocycles. The first-order valence-electron chi connectivity index (χ1n) is 7.66. The Balaban J connectivity index is 2.06. The molecule has 0 saturated heterocycles. The van der Waals surface area contributed by atoms with Crippen molar-refractivity contribution in [1.82, 2.24) is 0 Å². The van der Waals surface area contributed by atoms with E-state index >= 15 is 0 Å². The average molecular weight is 323 g/mol. The highest BCUT2D eigenvalue weighted by Crippen LogP contribution is 2.34. The highest BCUT2D eigenvalue weighted by molar-refractivity contribution is 6.13. The highest BCUT2D eigenvalue weighted by Gasteiger charge is 2.32. The van der Waals surface area contributed by atoms with E-state index in [1.54, 1.807) is 42.2 Å². The third-order valence-electron chi connectivity index (χ3n) is 3.85. The predicted octanol–water partition coefficient (Wildman–Crippen LogP) is 3.60. The molecule has 5 heteroatoms. The van der Waals surface area contributed by atoms with Gasteiger partial charge in [-0.15, -0.1) is 0 Å². The van der Waals surface area contributed by atoms with Gasteiger partial charge in [0, 0.05) is 5.56 Å². The SMILES string of the molecule is C=Cc1cccc(C(=O)OOCC)c1N1Cc2ccccc2C1=O. The largest absolute Gasteiger partial charge is 0.375 e. The first kappa shape index (κ1) is 16.0. The molecule has 1 amide bonds. The van der Waals surface area contributed by atoms with Crippen molar-refractivity contribution in [3.05, 3.63) is 71.3 Å². The van der Waals surface area contributed by atoms with Crippen LogP contribution in [-0.4, -0.2) is 18.5 Å². The summed E-state index contributed by atoms with van der Waals surface area (Å²) >= 11 is 0. The zero-order chi connectivity index (χ0) is 17.1. The molecular formula is C19H17NO4. The van der Waals surface area contributed by atoms with Crippen LogP contribution in [0.2, 0.25) is 0 Å². The monoisotopic (exact) mass is 323 g/mol. The molecule has 0 saturated carbocycles. The van der Waals surface area contributed by atoms with E-state index < -0.39 is 5.97 Å². The zero-order valence-electron chi connectivity index (χ0n) is 13.3. The summed E-state index contributed by atoms with van der Waals surface area (Å²) in [6.07, 6.45) is 1.61. The van der Waals surface area contributed by atoms with Gasteiger partial charge in [0.2, 0.25) is 0 Å². The van der Waals surface area contributed by atoms with Gasteiger partial charge in [-0.1, -0.05) is 43.0 Å². The normalized spacial score (nSPS) is 12.9. The number of amides is 1. The standard InChI is InChI=1S/C19H17NO4/c1-3-13-9-7-11-16(19(22)24-23-4-2)17(13)20-12-14-8-5-6-10-15(14)18(20)21/h3,5-11H,1,4,12H2,2H3. The number of hydrogen-bond acceptors (Lipinski definition) is 4. The molecule has 24 heavy (non-hydrogen) atoms. The van der Waals surface area contributed by atoms with Crippen LogP contribution in [0.25, 0.3) is 6.08 Å². The Morgan fingerprint density at radius 1 is 1.25 bits per heavy atom. The summed E-state index contributed by atoms with van der Waals surface area (Å²) in [4.78, 5) is 36.2. The van der Waals surface area contributed by atoms with E-state index in [1.165, 1.54) is 0 Å². The molecule has 5 nitrogen and oxygen atoms in total. The zero-order valence-corrected chi connectivity index (χ0v) is 13.3. The minimum Gasteiger partial charge on any atom is -0.302 e. The van der Waals surface area contributed by atoms with E-state index in [1.807, 2.05) is 18.2 Å². The molecule has 0 aliphatic carbocycles. The lowest BCUT2D eigenvalue weighted by atomic mass is 10.1. The van der Waals surface area contributed by atoms with Gasteiger partial charge in [-0.25, -0.2) is 4.79 Å². The van der Waals surface area contributed by atoms with Crippen LogP contribution in [0.3, 0.4) is 0 Å². The smallest absolute Gasteiger partial charge is 0.302 e. The molecule has 3 rings (SSSR count). The van der Waals surface area contributed by atoms with Crippen LogP contribution in [0.5, 0.6) is 0 Å². The number of rotatable bonds is 5. The van der Waals surface area contributed by atoms with E-state index in [4.69, 9.17) is 9.78 Å². The number of para-hydroxylation sites is 1. The molecule has 0 radical (unpaired) electrons. The number of benzene rings is 2. The summed E-state index contributed by atoms with van der Waals surface area (Å²) in [5.74, 6) is -0.787. The molecule has 0 unspecified atom stereocenters. The van der Waals surface area contributed by atoms with E-state index in [0.717, 1.165) is 5.56 Å². The number of nitrogens with zero attached hydrogens (tertiary/aromatic N) is 1. The fraction of sp³-hybridized carbons (Fsp3) is 0.158. The Labute approximate surface area is 140 Å². The average Bonchev–Trinajstić information content (AvgIpc) is 2.95. The first-order valence-corrected chi connectivity index (χ1v) is 7.66. The molecule has 2 aromatic rings. The summed E-state index contributed by atoms with van der Waals surface area (Å²) in [6, 6.07) is 12.5. The van der Waals surface area contributed by atoms with Crippen LogP contribution in [0.15, 0.2) is 49.0 Å². The third kappa shape index (κ3) is 2.70. The van der Waals surface area contributed by atoms with Crippen molar-refractivity contribution in [3.8, 4) is 0 Å². The van der Waals surface area contributed by atoms with Gasteiger partial charge in [-0.3, -0.25) is 9.68 Å². The summed E-state index contributed by atoms with van der Waals surface area (Å²) < 4.78 is 0. The minimum absolute atomic E-state index is 0.148. The lowest BCUT2D eigenvalue weighted by Gasteiger charge is -2.21. The van der Waals surface area contributed by atoms with Gasteiger partial charge in [-0.2, -0.15) is 4.89 Å². The summed E-state index contributed by atoms with van der Waals surface area (Å²) in [7, 11) is 0. The van der Waals surface area contributed by atoms with E-state index in [2.05, 4.69) is 6.58 Å². The molecule has 0 bridgehead atoms.